The van der Waals surface area contributed by atoms with Gasteiger partial charge in [0.05, 0.1) is 15.6 Å². The van der Waals surface area contributed by atoms with E-state index in [1.165, 1.54) is 6.07 Å². The average Bonchev–Trinajstić information content (AvgIpc) is 2.75. The molecule has 0 aliphatic heterocycles. The van der Waals surface area contributed by atoms with E-state index in [0.29, 0.717) is 43.2 Å². The van der Waals surface area contributed by atoms with Crippen molar-refractivity contribution in [2.75, 3.05) is 5.32 Å². The Bertz CT molecular complexity index is 1380. The summed E-state index contributed by atoms with van der Waals surface area (Å²) in [6.45, 7) is 1.59. The minimum Gasteiger partial charge on any atom is -0.479 e. The van der Waals surface area contributed by atoms with Crippen molar-refractivity contribution in [3.05, 3.63) is 92.2 Å². The van der Waals surface area contributed by atoms with Gasteiger partial charge in [0.1, 0.15) is 11.3 Å². The fourth-order valence-corrected chi connectivity index (χ4v) is 3.86. The summed E-state index contributed by atoms with van der Waals surface area (Å²) < 4.78 is 11.0. The van der Waals surface area contributed by atoms with Crippen LogP contribution in [-0.2, 0) is 4.79 Å². The van der Waals surface area contributed by atoms with Gasteiger partial charge in [0.25, 0.3) is 5.91 Å². The Morgan fingerprint density at radius 1 is 0.938 bits per heavy atom. The first kappa shape index (κ1) is 22.2. The Kier molecular flexibility index (Phi) is 6.42. The third-order valence-electron chi connectivity index (χ3n) is 4.74. The molecule has 1 amide bonds. The van der Waals surface area contributed by atoms with Gasteiger partial charge in [0, 0.05) is 21.7 Å². The van der Waals surface area contributed by atoms with Crippen molar-refractivity contribution in [1.29, 1.82) is 0 Å². The van der Waals surface area contributed by atoms with E-state index in [0.717, 1.165) is 5.39 Å². The molecule has 5 nitrogen and oxygen atoms in total. The van der Waals surface area contributed by atoms with Gasteiger partial charge in [0.2, 0.25) is 0 Å². The van der Waals surface area contributed by atoms with Gasteiger partial charge in [-0.1, -0.05) is 59.1 Å². The van der Waals surface area contributed by atoms with E-state index in [1.807, 2.05) is 12.1 Å². The second-order valence-corrected chi connectivity index (χ2v) is 8.25. The van der Waals surface area contributed by atoms with Gasteiger partial charge in [-0.25, -0.2) is 4.79 Å². The van der Waals surface area contributed by atoms with Crippen LogP contribution in [-0.4, -0.2) is 12.0 Å². The van der Waals surface area contributed by atoms with E-state index in [4.69, 9.17) is 44.0 Å². The number of rotatable bonds is 5. The zero-order chi connectivity index (χ0) is 22.8. The van der Waals surface area contributed by atoms with Crippen LogP contribution in [0.3, 0.4) is 0 Å². The van der Waals surface area contributed by atoms with Gasteiger partial charge in [-0.2, -0.15) is 0 Å². The SMILES string of the molecule is CC(Oc1ccc(Cl)cc1Cl)C(=O)Nc1ccc(-c2cc3ccccc3oc2=O)c(Cl)c1. The number of hydrogen-bond donors (Lipinski definition) is 1. The number of nitrogens with one attached hydrogen (secondary N) is 1. The van der Waals surface area contributed by atoms with Crippen LogP contribution in [0.2, 0.25) is 15.1 Å². The van der Waals surface area contributed by atoms with Crippen LogP contribution >= 0.6 is 34.8 Å². The largest absolute Gasteiger partial charge is 0.479 e. The summed E-state index contributed by atoms with van der Waals surface area (Å²) in [5, 5.41) is 4.58. The van der Waals surface area contributed by atoms with Gasteiger partial charge >= 0.3 is 5.63 Å². The summed E-state index contributed by atoms with van der Waals surface area (Å²) >= 11 is 18.4. The predicted molar refractivity (Wildman–Crippen MR) is 128 cm³/mol. The van der Waals surface area contributed by atoms with Crippen LogP contribution in [0.4, 0.5) is 5.69 Å². The van der Waals surface area contributed by atoms with Gasteiger partial charge in [-0.05, 0) is 49.4 Å². The highest BCUT2D eigenvalue weighted by atomic mass is 35.5. The van der Waals surface area contributed by atoms with Crippen molar-refractivity contribution in [3.63, 3.8) is 0 Å². The third kappa shape index (κ3) is 4.75. The monoisotopic (exact) mass is 487 g/mol. The summed E-state index contributed by atoms with van der Waals surface area (Å²) in [5.74, 6) is -0.0554. The molecule has 8 heteroatoms. The van der Waals surface area contributed by atoms with Crippen LogP contribution < -0.4 is 15.7 Å². The Morgan fingerprint density at radius 2 is 1.72 bits per heavy atom. The molecule has 4 aromatic rings. The van der Waals surface area contributed by atoms with E-state index in [9.17, 15) is 9.59 Å². The number of amides is 1. The highest BCUT2D eigenvalue weighted by Gasteiger charge is 2.18. The number of halogens is 3. The summed E-state index contributed by atoms with van der Waals surface area (Å²) in [6.07, 6.45) is -0.834. The first-order chi connectivity index (χ1) is 15.3. The van der Waals surface area contributed by atoms with Crippen molar-refractivity contribution in [2.45, 2.75) is 13.0 Å². The average molecular weight is 489 g/mol. The molecule has 0 saturated heterocycles. The molecule has 1 atom stereocenters. The number of anilines is 1. The fraction of sp³-hybridized carbons (Fsp3) is 0.0833. The normalized spacial score (nSPS) is 11.9. The van der Waals surface area contributed by atoms with Crippen LogP contribution in [0.15, 0.2) is 75.9 Å². The summed E-state index contributed by atoms with van der Waals surface area (Å²) in [4.78, 5) is 25.0. The van der Waals surface area contributed by atoms with Crippen LogP contribution in [0.25, 0.3) is 22.1 Å². The molecule has 3 aromatic carbocycles. The zero-order valence-electron chi connectivity index (χ0n) is 16.7. The molecule has 0 bridgehead atoms. The molecule has 0 saturated carbocycles. The van der Waals surface area contributed by atoms with Crippen molar-refractivity contribution in [1.82, 2.24) is 0 Å². The van der Waals surface area contributed by atoms with E-state index in [-0.39, 0.29) is 0 Å². The van der Waals surface area contributed by atoms with Crippen LogP contribution in [0.1, 0.15) is 6.92 Å². The number of carbonyl (C=O) groups is 1. The lowest BCUT2D eigenvalue weighted by Crippen LogP contribution is -2.30. The number of ether oxygens (including phenoxy) is 1. The third-order valence-corrected chi connectivity index (χ3v) is 5.58. The number of fused-ring (bicyclic) bond motifs is 1. The molecule has 1 unspecified atom stereocenters. The maximum Gasteiger partial charge on any atom is 0.344 e. The van der Waals surface area contributed by atoms with Gasteiger partial charge in [0.15, 0.2) is 6.10 Å². The Labute approximate surface area is 198 Å². The van der Waals surface area contributed by atoms with Gasteiger partial charge < -0.3 is 14.5 Å². The zero-order valence-corrected chi connectivity index (χ0v) is 19.0. The maximum absolute atomic E-state index is 12.5. The molecule has 1 aromatic heterocycles. The number of hydrogen-bond acceptors (Lipinski definition) is 4. The highest BCUT2D eigenvalue weighted by molar-refractivity contribution is 6.35. The van der Waals surface area contributed by atoms with Crippen LogP contribution in [0.5, 0.6) is 5.75 Å². The van der Waals surface area contributed by atoms with Crippen LogP contribution in [0, 0.1) is 0 Å². The molecule has 1 N–H and O–H groups in total. The number of benzene rings is 3. The first-order valence-corrected chi connectivity index (χ1v) is 10.7. The smallest absolute Gasteiger partial charge is 0.344 e. The van der Waals surface area contributed by atoms with E-state index >= 15 is 0 Å². The number of para-hydroxylation sites is 1. The summed E-state index contributed by atoms with van der Waals surface area (Å²) in [6, 6.07) is 18.6. The molecule has 0 fully saturated rings. The molecule has 0 aliphatic rings. The van der Waals surface area contributed by atoms with Crippen molar-refractivity contribution in [2.24, 2.45) is 0 Å². The number of carbonyl (C=O) groups excluding carboxylic acids is 1. The molecule has 162 valence electrons. The van der Waals surface area contributed by atoms with Crippen molar-refractivity contribution >= 4 is 57.4 Å². The second kappa shape index (κ2) is 9.25. The minimum absolute atomic E-state index is 0.291. The highest BCUT2D eigenvalue weighted by Crippen LogP contribution is 2.31. The Balaban J connectivity index is 1.53. The predicted octanol–water partition coefficient (Wildman–Crippen LogP) is 6.83. The van der Waals surface area contributed by atoms with Crippen molar-refractivity contribution in [3.8, 4) is 16.9 Å². The Hall–Kier alpha value is -2.99. The molecular formula is C24H16Cl3NO4. The topological polar surface area (TPSA) is 68.5 Å². The van der Waals surface area contributed by atoms with E-state index in [1.54, 1.807) is 55.5 Å². The molecule has 0 spiro atoms. The molecule has 1 heterocycles. The second-order valence-electron chi connectivity index (χ2n) is 7.00. The fourth-order valence-electron chi connectivity index (χ4n) is 3.12. The standard InChI is InChI=1S/C24H16Cl3NO4/c1-13(31-22-9-6-15(25)11-20(22)27)23(29)28-16-7-8-17(19(26)12-16)18-10-14-4-2-3-5-21(14)32-24(18)30/h2-13H,1H3,(H,28,29). The Morgan fingerprint density at radius 3 is 2.47 bits per heavy atom. The lowest BCUT2D eigenvalue weighted by Gasteiger charge is -2.16. The van der Waals surface area contributed by atoms with Gasteiger partial charge in [-0.15, -0.1) is 0 Å². The summed E-state index contributed by atoms with van der Waals surface area (Å²) in [5.41, 5.74) is 1.29. The quantitative estimate of drug-likeness (QED) is 0.313. The summed E-state index contributed by atoms with van der Waals surface area (Å²) in [7, 11) is 0. The van der Waals surface area contributed by atoms with E-state index < -0.39 is 17.6 Å². The lowest BCUT2D eigenvalue weighted by molar-refractivity contribution is -0.122. The lowest BCUT2D eigenvalue weighted by atomic mass is 10.1. The van der Waals surface area contributed by atoms with Crippen molar-refractivity contribution < 1.29 is 13.9 Å². The van der Waals surface area contributed by atoms with E-state index in [2.05, 4.69) is 5.32 Å². The first-order valence-electron chi connectivity index (χ1n) is 9.57. The maximum atomic E-state index is 12.5. The molecule has 32 heavy (non-hydrogen) atoms. The molecular weight excluding hydrogens is 473 g/mol. The van der Waals surface area contributed by atoms with Gasteiger partial charge in [-0.3, -0.25) is 4.79 Å². The molecule has 0 aliphatic carbocycles. The molecule has 4 rings (SSSR count). The molecule has 0 radical (unpaired) electrons. The minimum atomic E-state index is -0.834.